The van der Waals surface area contributed by atoms with Crippen molar-refractivity contribution in [1.29, 1.82) is 0 Å². The van der Waals surface area contributed by atoms with Gasteiger partial charge in [-0.1, -0.05) is 12.1 Å². The van der Waals surface area contributed by atoms with E-state index in [9.17, 15) is 9.59 Å². The lowest BCUT2D eigenvalue weighted by Crippen LogP contribution is -2.20. The molecule has 0 unspecified atom stereocenters. The van der Waals surface area contributed by atoms with Gasteiger partial charge in [-0.25, -0.2) is 4.31 Å². The van der Waals surface area contributed by atoms with Crippen LogP contribution in [0.3, 0.4) is 0 Å². The molecule has 2 aromatic carbocycles. The van der Waals surface area contributed by atoms with Crippen LogP contribution >= 0.6 is 21.8 Å². The Morgan fingerprint density at radius 1 is 0.905 bits per heavy atom. The molecule has 0 aliphatic carbocycles. The average molecular weight is 317 g/mol. The first-order valence-electron chi connectivity index (χ1n) is 6.17. The summed E-state index contributed by atoms with van der Waals surface area (Å²) in [5.74, 6) is 0.244. The molecule has 1 aliphatic rings. The number of benzene rings is 2. The minimum Gasteiger partial charge on any atom is -0.497 e. The third-order valence-electron chi connectivity index (χ3n) is 3.02. The van der Waals surface area contributed by atoms with Gasteiger partial charge in [0.25, 0.3) is 11.8 Å². The molecular formula is C15H11NO3S2. The van der Waals surface area contributed by atoms with Crippen LogP contribution in [0.1, 0.15) is 20.7 Å². The quantitative estimate of drug-likeness (QED) is 0.489. The number of rotatable bonds is 4. The standard InChI is InChI=1S/C15H11NO3S2/c1-19-10-6-8-11(9-7-10)20-21-16-14(17)12-4-2-3-5-13(12)15(16)18/h2-9H,1H3. The van der Waals surface area contributed by atoms with Crippen LogP contribution < -0.4 is 4.74 Å². The van der Waals surface area contributed by atoms with Gasteiger partial charge in [-0.2, -0.15) is 0 Å². The monoisotopic (exact) mass is 317 g/mol. The minimum atomic E-state index is -0.262. The lowest BCUT2D eigenvalue weighted by Gasteiger charge is -2.11. The van der Waals surface area contributed by atoms with Crippen molar-refractivity contribution >= 4 is 33.6 Å². The first kappa shape index (κ1) is 14.0. The molecule has 0 spiro atoms. The van der Waals surface area contributed by atoms with E-state index in [-0.39, 0.29) is 11.8 Å². The van der Waals surface area contributed by atoms with E-state index in [0.717, 1.165) is 21.6 Å². The van der Waals surface area contributed by atoms with E-state index >= 15 is 0 Å². The predicted molar refractivity (Wildman–Crippen MR) is 83.4 cm³/mol. The lowest BCUT2D eigenvalue weighted by molar-refractivity contribution is 0.0779. The molecule has 0 bridgehead atoms. The number of ether oxygens (including phenoxy) is 1. The summed E-state index contributed by atoms with van der Waals surface area (Å²) < 4.78 is 6.28. The van der Waals surface area contributed by atoms with Crippen LogP contribution in [0.25, 0.3) is 0 Å². The second kappa shape index (κ2) is 5.83. The van der Waals surface area contributed by atoms with E-state index in [2.05, 4.69) is 0 Å². The summed E-state index contributed by atoms with van der Waals surface area (Å²) in [5.41, 5.74) is 0.927. The van der Waals surface area contributed by atoms with Crippen molar-refractivity contribution in [3.05, 3.63) is 59.7 Å². The zero-order valence-electron chi connectivity index (χ0n) is 11.1. The number of hydrogen-bond acceptors (Lipinski definition) is 5. The van der Waals surface area contributed by atoms with Gasteiger partial charge in [0.2, 0.25) is 0 Å². The van der Waals surface area contributed by atoms with E-state index in [0.29, 0.717) is 11.1 Å². The molecule has 1 heterocycles. The molecule has 2 aromatic rings. The number of imide groups is 1. The Morgan fingerprint density at radius 2 is 1.48 bits per heavy atom. The number of carbonyl (C=O) groups is 2. The molecule has 0 N–H and O–H groups in total. The van der Waals surface area contributed by atoms with Crippen molar-refractivity contribution in [2.45, 2.75) is 4.90 Å². The maximum Gasteiger partial charge on any atom is 0.272 e. The van der Waals surface area contributed by atoms with E-state index in [1.54, 1.807) is 31.4 Å². The van der Waals surface area contributed by atoms with Crippen molar-refractivity contribution in [3.63, 3.8) is 0 Å². The fourth-order valence-electron chi connectivity index (χ4n) is 1.95. The van der Waals surface area contributed by atoms with Gasteiger partial charge in [0.15, 0.2) is 0 Å². The predicted octanol–water partition coefficient (Wildman–Crippen LogP) is 3.65. The number of nitrogens with zero attached hydrogens (tertiary/aromatic N) is 1. The lowest BCUT2D eigenvalue weighted by atomic mass is 10.1. The molecule has 0 atom stereocenters. The summed E-state index contributed by atoms with van der Waals surface area (Å²) in [7, 11) is 4.10. The molecule has 0 fully saturated rings. The van der Waals surface area contributed by atoms with E-state index in [1.807, 2.05) is 24.3 Å². The van der Waals surface area contributed by atoms with Gasteiger partial charge in [-0.3, -0.25) is 9.59 Å². The van der Waals surface area contributed by atoms with Gasteiger partial charge >= 0.3 is 0 Å². The summed E-state index contributed by atoms with van der Waals surface area (Å²) in [6.07, 6.45) is 0. The number of carbonyl (C=O) groups excluding carboxylic acids is 2. The van der Waals surface area contributed by atoms with Gasteiger partial charge in [0.1, 0.15) is 5.75 Å². The molecule has 106 valence electrons. The maximum atomic E-state index is 12.2. The minimum absolute atomic E-state index is 0.262. The number of hydrogen-bond donors (Lipinski definition) is 0. The van der Waals surface area contributed by atoms with Gasteiger partial charge < -0.3 is 4.74 Å². The molecule has 21 heavy (non-hydrogen) atoms. The molecule has 2 amide bonds. The molecule has 0 saturated heterocycles. The maximum absolute atomic E-state index is 12.2. The average Bonchev–Trinajstić information content (AvgIpc) is 2.78. The topological polar surface area (TPSA) is 46.6 Å². The fraction of sp³-hybridized carbons (Fsp3) is 0.0667. The Bertz CT molecular complexity index is 665. The molecule has 0 aromatic heterocycles. The molecule has 3 rings (SSSR count). The number of fused-ring (bicyclic) bond motifs is 1. The highest BCUT2D eigenvalue weighted by atomic mass is 33.1. The highest BCUT2D eigenvalue weighted by Gasteiger charge is 2.36. The second-order valence-corrected chi connectivity index (χ2v) is 6.38. The second-order valence-electron chi connectivity index (χ2n) is 4.28. The van der Waals surface area contributed by atoms with Crippen molar-refractivity contribution in [3.8, 4) is 5.75 Å². The summed E-state index contributed by atoms with van der Waals surface area (Å²) in [6, 6.07) is 14.3. The van der Waals surface area contributed by atoms with Crippen LogP contribution in [0.4, 0.5) is 0 Å². The molecule has 0 radical (unpaired) electrons. The third-order valence-corrected chi connectivity index (χ3v) is 5.29. The van der Waals surface area contributed by atoms with Gasteiger partial charge in [0.05, 0.1) is 18.2 Å². The first-order valence-corrected chi connectivity index (χ1v) is 8.28. The Balaban J connectivity index is 1.72. The smallest absolute Gasteiger partial charge is 0.272 e. The summed E-state index contributed by atoms with van der Waals surface area (Å²) >= 11 is 0. The third kappa shape index (κ3) is 2.64. The Kier molecular flexibility index (Phi) is 3.90. The molecule has 4 nitrogen and oxygen atoms in total. The fourth-order valence-corrected chi connectivity index (χ4v) is 3.91. The largest absolute Gasteiger partial charge is 0.497 e. The normalized spacial score (nSPS) is 13.5. The van der Waals surface area contributed by atoms with Crippen LogP contribution in [0.5, 0.6) is 5.75 Å². The van der Waals surface area contributed by atoms with E-state index in [4.69, 9.17) is 4.74 Å². The summed E-state index contributed by atoms with van der Waals surface area (Å²) in [5, 5.41) is 0. The summed E-state index contributed by atoms with van der Waals surface area (Å²) in [4.78, 5) is 25.3. The van der Waals surface area contributed by atoms with Crippen molar-refractivity contribution < 1.29 is 14.3 Å². The van der Waals surface area contributed by atoms with Gasteiger partial charge in [-0.15, -0.1) is 0 Å². The highest BCUT2D eigenvalue weighted by Crippen LogP contribution is 2.39. The highest BCUT2D eigenvalue weighted by molar-refractivity contribution is 8.76. The van der Waals surface area contributed by atoms with Crippen molar-refractivity contribution in [2.75, 3.05) is 7.11 Å². The first-order chi connectivity index (χ1) is 10.2. The molecule has 0 saturated carbocycles. The van der Waals surface area contributed by atoms with Crippen LogP contribution in [0, 0.1) is 0 Å². The zero-order chi connectivity index (χ0) is 14.8. The molecular weight excluding hydrogens is 306 g/mol. The Labute approximate surface area is 130 Å². The number of methoxy groups -OCH3 is 1. The Hall–Kier alpha value is -1.92. The van der Waals surface area contributed by atoms with Crippen LogP contribution in [0.15, 0.2) is 53.4 Å². The van der Waals surface area contributed by atoms with Gasteiger partial charge in [-0.05, 0) is 47.2 Å². The van der Waals surface area contributed by atoms with Crippen LogP contribution in [0.2, 0.25) is 0 Å². The van der Waals surface area contributed by atoms with E-state index in [1.165, 1.54) is 15.1 Å². The Morgan fingerprint density at radius 3 is 2.00 bits per heavy atom. The number of amides is 2. The van der Waals surface area contributed by atoms with Crippen LogP contribution in [-0.2, 0) is 0 Å². The molecule has 1 aliphatic heterocycles. The van der Waals surface area contributed by atoms with Crippen molar-refractivity contribution in [2.24, 2.45) is 0 Å². The summed E-state index contributed by atoms with van der Waals surface area (Å²) in [6.45, 7) is 0. The van der Waals surface area contributed by atoms with Gasteiger partial charge in [0, 0.05) is 15.9 Å². The molecule has 6 heteroatoms. The van der Waals surface area contributed by atoms with E-state index < -0.39 is 0 Å². The SMILES string of the molecule is COc1ccc(SSN2C(=O)c3ccccc3C2=O)cc1. The zero-order valence-corrected chi connectivity index (χ0v) is 12.7. The van der Waals surface area contributed by atoms with Crippen molar-refractivity contribution in [1.82, 2.24) is 4.31 Å². The van der Waals surface area contributed by atoms with Crippen LogP contribution in [-0.4, -0.2) is 23.2 Å².